The van der Waals surface area contributed by atoms with Crippen LogP contribution < -0.4 is 5.32 Å². The third-order valence-corrected chi connectivity index (χ3v) is 6.33. The molecule has 2 aromatic rings. The van der Waals surface area contributed by atoms with Gasteiger partial charge in [0.05, 0.1) is 6.54 Å². The molecular formula is C26H30ClN3O4. The lowest BCUT2D eigenvalue weighted by Crippen LogP contribution is -2.47. The predicted octanol–water partition coefficient (Wildman–Crippen LogP) is 5.01. The van der Waals surface area contributed by atoms with Crippen LogP contribution in [0, 0.1) is 5.92 Å². The van der Waals surface area contributed by atoms with Gasteiger partial charge in [-0.15, -0.1) is 0 Å². The molecule has 2 aromatic carbocycles. The van der Waals surface area contributed by atoms with Crippen LogP contribution in [0.15, 0.2) is 48.5 Å². The van der Waals surface area contributed by atoms with E-state index in [1.54, 1.807) is 35.2 Å². The van der Waals surface area contributed by atoms with Gasteiger partial charge in [-0.2, -0.15) is 0 Å². The maximum atomic E-state index is 13.6. The van der Waals surface area contributed by atoms with E-state index in [4.69, 9.17) is 16.3 Å². The fraction of sp³-hybridized carbons (Fsp3) is 0.423. The summed E-state index contributed by atoms with van der Waals surface area (Å²) in [6.07, 6.45) is 0.984. The fourth-order valence-electron chi connectivity index (χ4n) is 4.53. The molecule has 4 rings (SSSR count). The lowest BCUT2D eigenvalue weighted by molar-refractivity contribution is -0.135. The summed E-state index contributed by atoms with van der Waals surface area (Å²) in [5.74, 6) is 0.0361. The Morgan fingerprint density at radius 2 is 1.85 bits per heavy atom. The van der Waals surface area contributed by atoms with E-state index in [0.717, 1.165) is 18.4 Å². The molecule has 34 heavy (non-hydrogen) atoms. The van der Waals surface area contributed by atoms with Crippen molar-refractivity contribution in [2.24, 2.45) is 5.92 Å². The van der Waals surface area contributed by atoms with Gasteiger partial charge in [-0.05, 0) is 54.2 Å². The Morgan fingerprint density at radius 1 is 1.12 bits per heavy atom. The Kier molecular flexibility index (Phi) is 7.41. The van der Waals surface area contributed by atoms with Crippen LogP contribution in [0.4, 0.5) is 10.5 Å². The standard InChI is InChI=1S/C26H30ClN3O4/c1-17(2)13-22(31)28-21-10-6-8-19(15-21)24-23(25(32)29-11-3-4-12-29)30(26(33)34-24)16-18-7-5-9-20(27)14-18/h5-10,14-15,17,23-24H,3-4,11-13,16H2,1-2H3,(H,28,31). The minimum absolute atomic E-state index is 0.0807. The Balaban J connectivity index is 1.62. The number of anilines is 1. The van der Waals surface area contributed by atoms with Gasteiger partial charge in [-0.3, -0.25) is 14.5 Å². The molecule has 8 heteroatoms. The largest absolute Gasteiger partial charge is 0.438 e. The normalized spacial score (nSPS) is 20.1. The zero-order chi connectivity index (χ0) is 24.2. The fourth-order valence-corrected chi connectivity index (χ4v) is 4.74. The molecule has 3 amide bonds. The van der Waals surface area contributed by atoms with Gasteiger partial charge in [-0.1, -0.05) is 49.7 Å². The average Bonchev–Trinajstić information content (AvgIpc) is 3.42. The predicted molar refractivity (Wildman–Crippen MR) is 130 cm³/mol. The summed E-state index contributed by atoms with van der Waals surface area (Å²) in [6, 6.07) is 13.6. The summed E-state index contributed by atoms with van der Waals surface area (Å²) < 4.78 is 5.77. The van der Waals surface area contributed by atoms with Gasteiger partial charge in [0.25, 0.3) is 0 Å². The van der Waals surface area contributed by atoms with Gasteiger partial charge in [0, 0.05) is 30.2 Å². The number of benzene rings is 2. The van der Waals surface area contributed by atoms with Gasteiger partial charge in [-0.25, -0.2) is 4.79 Å². The first kappa shape index (κ1) is 24.1. The summed E-state index contributed by atoms with van der Waals surface area (Å²) in [4.78, 5) is 42.1. The van der Waals surface area contributed by atoms with Crippen molar-refractivity contribution < 1.29 is 19.1 Å². The molecule has 2 saturated heterocycles. The minimum Gasteiger partial charge on any atom is -0.438 e. The molecule has 2 fully saturated rings. The van der Waals surface area contributed by atoms with Crippen LogP contribution >= 0.6 is 11.6 Å². The second kappa shape index (κ2) is 10.5. The molecule has 2 heterocycles. The van der Waals surface area contributed by atoms with Gasteiger partial charge >= 0.3 is 6.09 Å². The molecule has 180 valence electrons. The van der Waals surface area contributed by atoms with Crippen LogP contribution in [-0.4, -0.2) is 46.8 Å². The monoisotopic (exact) mass is 483 g/mol. The average molecular weight is 484 g/mol. The third-order valence-electron chi connectivity index (χ3n) is 6.09. The third kappa shape index (κ3) is 5.53. The van der Waals surface area contributed by atoms with Crippen LogP contribution in [-0.2, 0) is 20.9 Å². The van der Waals surface area contributed by atoms with Crippen molar-refractivity contribution in [1.82, 2.24) is 9.80 Å². The molecule has 2 unspecified atom stereocenters. The molecule has 2 atom stereocenters. The number of hydrogen-bond acceptors (Lipinski definition) is 4. The van der Waals surface area contributed by atoms with E-state index in [-0.39, 0.29) is 24.3 Å². The van der Waals surface area contributed by atoms with Crippen molar-refractivity contribution in [1.29, 1.82) is 0 Å². The highest BCUT2D eigenvalue weighted by atomic mass is 35.5. The first-order valence-electron chi connectivity index (χ1n) is 11.7. The molecule has 0 aliphatic carbocycles. The van der Waals surface area contributed by atoms with Crippen molar-refractivity contribution in [2.75, 3.05) is 18.4 Å². The number of rotatable bonds is 7. The number of carbonyl (C=O) groups is 3. The molecule has 2 aliphatic heterocycles. The van der Waals surface area contributed by atoms with E-state index >= 15 is 0 Å². The Morgan fingerprint density at radius 3 is 2.56 bits per heavy atom. The number of carbonyl (C=O) groups excluding carboxylic acids is 3. The maximum Gasteiger partial charge on any atom is 0.411 e. The second-order valence-electron chi connectivity index (χ2n) is 9.31. The van der Waals surface area contributed by atoms with Crippen LogP contribution in [0.5, 0.6) is 0 Å². The van der Waals surface area contributed by atoms with Crippen LogP contribution in [0.2, 0.25) is 5.02 Å². The highest BCUT2D eigenvalue weighted by Gasteiger charge is 2.48. The van der Waals surface area contributed by atoms with E-state index in [2.05, 4.69) is 5.32 Å². The van der Waals surface area contributed by atoms with Crippen molar-refractivity contribution in [2.45, 2.75) is 51.8 Å². The number of halogens is 1. The smallest absolute Gasteiger partial charge is 0.411 e. The quantitative estimate of drug-likeness (QED) is 0.600. The van der Waals surface area contributed by atoms with E-state index in [1.165, 1.54) is 4.90 Å². The molecule has 0 aromatic heterocycles. The van der Waals surface area contributed by atoms with Crippen molar-refractivity contribution >= 4 is 35.2 Å². The van der Waals surface area contributed by atoms with Crippen molar-refractivity contribution in [3.8, 4) is 0 Å². The zero-order valence-electron chi connectivity index (χ0n) is 19.5. The molecule has 2 aliphatic rings. The topological polar surface area (TPSA) is 79.0 Å². The Hall–Kier alpha value is -3.06. The summed E-state index contributed by atoms with van der Waals surface area (Å²) in [7, 11) is 0. The number of hydrogen-bond donors (Lipinski definition) is 1. The molecule has 0 bridgehead atoms. The number of amides is 3. The number of ether oxygens (including phenoxy) is 1. The van der Waals surface area contributed by atoms with Crippen LogP contribution in [0.3, 0.4) is 0 Å². The van der Waals surface area contributed by atoms with Gasteiger partial charge in [0.1, 0.15) is 0 Å². The molecule has 0 saturated carbocycles. The van der Waals surface area contributed by atoms with E-state index in [0.29, 0.717) is 35.8 Å². The van der Waals surface area contributed by atoms with E-state index < -0.39 is 18.2 Å². The minimum atomic E-state index is -0.800. The molecule has 1 N–H and O–H groups in total. The second-order valence-corrected chi connectivity index (χ2v) is 9.75. The van der Waals surface area contributed by atoms with Crippen molar-refractivity contribution in [3.05, 3.63) is 64.7 Å². The SMILES string of the molecule is CC(C)CC(=O)Nc1cccc(C2OC(=O)N(Cc3cccc(Cl)c3)C2C(=O)N2CCCC2)c1. The molecule has 0 radical (unpaired) electrons. The summed E-state index contributed by atoms with van der Waals surface area (Å²) in [5, 5.41) is 3.47. The van der Waals surface area contributed by atoms with Crippen LogP contribution in [0.1, 0.15) is 50.3 Å². The molecular weight excluding hydrogens is 454 g/mol. The summed E-state index contributed by atoms with van der Waals surface area (Å²) in [6.45, 7) is 5.53. The number of nitrogens with zero attached hydrogens (tertiary/aromatic N) is 2. The lowest BCUT2D eigenvalue weighted by atomic mass is 9.99. The highest BCUT2D eigenvalue weighted by Crippen LogP contribution is 2.36. The number of cyclic esters (lactones) is 1. The molecule has 0 spiro atoms. The van der Waals surface area contributed by atoms with Crippen LogP contribution in [0.25, 0.3) is 0 Å². The van der Waals surface area contributed by atoms with E-state index in [1.807, 2.05) is 32.0 Å². The first-order chi connectivity index (χ1) is 16.3. The van der Waals surface area contributed by atoms with Gasteiger partial charge < -0.3 is 15.0 Å². The van der Waals surface area contributed by atoms with E-state index in [9.17, 15) is 14.4 Å². The lowest BCUT2D eigenvalue weighted by Gasteiger charge is -2.28. The summed E-state index contributed by atoms with van der Waals surface area (Å²) >= 11 is 6.14. The Bertz CT molecular complexity index is 1070. The zero-order valence-corrected chi connectivity index (χ0v) is 20.3. The maximum absolute atomic E-state index is 13.6. The Labute approximate surface area is 205 Å². The number of likely N-dealkylation sites (tertiary alicyclic amines) is 1. The molecule has 7 nitrogen and oxygen atoms in total. The number of nitrogens with one attached hydrogen (secondary N) is 1. The summed E-state index contributed by atoms with van der Waals surface area (Å²) in [5.41, 5.74) is 2.10. The van der Waals surface area contributed by atoms with Gasteiger partial charge in [0.15, 0.2) is 12.1 Å². The highest BCUT2D eigenvalue weighted by molar-refractivity contribution is 6.30. The van der Waals surface area contributed by atoms with Crippen molar-refractivity contribution in [3.63, 3.8) is 0 Å². The first-order valence-corrected chi connectivity index (χ1v) is 12.1. The van der Waals surface area contributed by atoms with Gasteiger partial charge in [0.2, 0.25) is 11.8 Å².